The highest BCUT2D eigenvalue weighted by molar-refractivity contribution is 5.94. The number of aromatic nitrogens is 2. The van der Waals surface area contributed by atoms with E-state index in [4.69, 9.17) is 4.74 Å². The van der Waals surface area contributed by atoms with Crippen molar-refractivity contribution in [1.82, 2.24) is 15.1 Å². The number of hydrogen-bond acceptors (Lipinski definition) is 4. The summed E-state index contributed by atoms with van der Waals surface area (Å²) in [5, 5.41) is 7.30. The predicted molar refractivity (Wildman–Crippen MR) is 88.9 cm³/mol. The van der Waals surface area contributed by atoms with E-state index in [1.165, 1.54) is 0 Å². The van der Waals surface area contributed by atoms with E-state index in [1.807, 2.05) is 44.6 Å². The number of benzene rings is 1. The van der Waals surface area contributed by atoms with Crippen molar-refractivity contribution in [3.8, 4) is 5.75 Å². The van der Waals surface area contributed by atoms with Crippen LogP contribution in [0.25, 0.3) is 0 Å². The molecule has 6 nitrogen and oxygen atoms in total. The van der Waals surface area contributed by atoms with Gasteiger partial charge in [0.15, 0.2) is 0 Å². The number of carbonyl (C=O) groups excluding carboxylic acids is 1. The van der Waals surface area contributed by atoms with Gasteiger partial charge in [-0.3, -0.25) is 9.48 Å². The van der Waals surface area contributed by atoms with Crippen LogP contribution in [0.15, 0.2) is 36.7 Å². The van der Waals surface area contributed by atoms with Gasteiger partial charge in [-0.05, 0) is 31.5 Å². The molecule has 1 aliphatic rings. The minimum Gasteiger partial charge on any atom is -0.494 e. The number of aryl methyl sites for hydroxylation is 1. The van der Waals surface area contributed by atoms with Crippen LogP contribution in [0.1, 0.15) is 23.7 Å². The number of anilines is 1. The molecule has 1 saturated heterocycles. The van der Waals surface area contributed by atoms with Crippen LogP contribution in [0.2, 0.25) is 0 Å². The molecule has 1 N–H and O–H groups in total. The summed E-state index contributed by atoms with van der Waals surface area (Å²) in [4.78, 5) is 14.6. The Hall–Kier alpha value is -2.50. The zero-order valence-electron chi connectivity index (χ0n) is 13.5. The molecule has 0 saturated carbocycles. The summed E-state index contributed by atoms with van der Waals surface area (Å²) in [5.41, 5.74) is 1.73. The van der Waals surface area contributed by atoms with Crippen molar-refractivity contribution in [2.75, 3.05) is 24.6 Å². The molecule has 1 unspecified atom stereocenters. The molecule has 0 aliphatic carbocycles. The van der Waals surface area contributed by atoms with E-state index >= 15 is 0 Å². The van der Waals surface area contributed by atoms with E-state index in [0.717, 1.165) is 30.9 Å². The van der Waals surface area contributed by atoms with Gasteiger partial charge in [-0.2, -0.15) is 5.10 Å². The van der Waals surface area contributed by atoms with E-state index in [2.05, 4.69) is 15.3 Å². The highest BCUT2D eigenvalue weighted by Crippen LogP contribution is 2.20. The summed E-state index contributed by atoms with van der Waals surface area (Å²) in [5.74, 6) is 0.674. The van der Waals surface area contributed by atoms with Crippen LogP contribution < -0.4 is 15.0 Å². The Morgan fingerprint density at radius 2 is 2.35 bits per heavy atom. The fraction of sp³-hybridized carbons (Fsp3) is 0.412. The van der Waals surface area contributed by atoms with E-state index in [0.29, 0.717) is 12.2 Å². The lowest BCUT2D eigenvalue weighted by atomic mass is 10.1. The number of amides is 1. The molecule has 6 heteroatoms. The van der Waals surface area contributed by atoms with Crippen molar-refractivity contribution in [3.63, 3.8) is 0 Å². The van der Waals surface area contributed by atoms with Crippen LogP contribution in [-0.2, 0) is 7.05 Å². The highest BCUT2D eigenvalue weighted by atomic mass is 16.5. The maximum Gasteiger partial charge on any atom is 0.251 e. The van der Waals surface area contributed by atoms with Crippen LogP contribution in [0.5, 0.6) is 5.75 Å². The summed E-state index contributed by atoms with van der Waals surface area (Å²) < 4.78 is 7.24. The molecule has 1 aromatic carbocycles. The van der Waals surface area contributed by atoms with Gasteiger partial charge < -0.3 is 15.0 Å². The third-order valence-electron chi connectivity index (χ3n) is 3.99. The summed E-state index contributed by atoms with van der Waals surface area (Å²) in [6.07, 6.45) is 4.79. The second kappa shape index (κ2) is 6.73. The number of ether oxygens (including phenoxy) is 1. The molecule has 0 spiro atoms. The number of hydrogen-bond donors (Lipinski definition) is 1. The van der Waals surface area contributed by atoms with Gasteiger partial charge in [-0.15, -0.1) is 0 Å². The Kier molecular flexibility index (Phi) is 4.50. The number of nitrogens with zero attached hydrogens (tertiary/aromatic N) is 3. The standard InChI is InChI=1S/C17H22N4O2/c1-3-23-16-6-4-5-13(9-16)17(22)19-14-7-8-21(11-14)15-10-18-20(2)12-15/h4-6,9-10,12,14H,3,7-8,11H2,1-2H3,(H,19,22). The van der Waals surface area contributed by atoms with Gasteiger partial charge in [0.1, 0.15) is 5.75 Å². The quantitative estimate of drug-likeness (QED) is 0.915. The fourth-order valence-electron chi connectivity index (χ4n) is 2.85. The second-order valence-corrected chi connectivity index (χ2v) is 5.74. The van der Waals surface area contributed by atoms with E-state index < -0.39 is 0 Å². The highest BCUT2D eigenvalue weighted by Gasteiger charge is 2.25. The first-order valence-corrected chi connectivity index (χ1v) is 7.93. The molecular formula is C17H22N4O2. The molecule has 122 valence electrons. The predicted octanol–water partition coefficient (Wildman–Crippen LogP) is 1.83. The molecule has 1 amide bonds. The maximum absolute atomic E-state index is 12.4. The Balaban J connectivity index is 1.59. The molecule has 2 heterocycles. The van der Waals surface area contributed by atoms with Gasteiger partial charge in [0.05, 0.1) is 18.5 Å². The van der Waals surface area contributed by atoms with Crippen LogP contribution in [0.3, 0.4) is 0 Å². The van der Waals surface area contributed by atoms with Gasteiger partial charge in [0, 0.05) is 37.9 Å². The summed E-state index contributed by atoms with van der Waals surface area (Å²) in [6, 6.07) is 7.45. The Labute approximate surface area is 136 Å². The van der Waals surface area contributed by atoms with Gasteiger partial charge in [-0.25, -0.2) is 0 Å². The molecule has 2 aromatic rings. The third kappa shape index (κ3) is 3.64. The van der Waals surface area contributed by atoms with Gasteiger partial charge in [0.2, 0.25) is 0 Å². The van der Waals surface area contributed by atoms with Crippen molar-refractivity contribution < 1.29 is 9.53 Å². The Morgan fingerprint density at radius 1 is 1.48 bits per heavy atom. The van der Waals surface area contributed by atoms with Crippen LogP contribution >= 0.6 is 0 Å². The van der Waals surface area contributed by atoms with Crippen LogP contribution in [-0.4, -0.2) is 41.4 Å². The van der Waals surface area contributed by atoms with E-state index in [9.17, 15) is 4.79 Å². The number of rotatable bonds is 5. The molecule has 23 heavy (non-hydrogen) atoms. The van der Waals surface area contributed by atoms with E-state index in [1.54, 1.807) is 10.7 Å². The number of carbonyl (C=O) groups is 1. The smallest absolute Gasteiger partial charge is 0.251 e. The first kappa shape index (κ1) is 15.4. The summed E-state index contributed by atoms with van der Waals surface area (Å²) >= 11 is 0. The Bertz CT molecular complexity index is 683. The second-order valence-electron chi connectivity index (χ2n) is 5.74. The van der Waals surface area contributed by atoms with Crippen molar-refractivity contribution in [1.29, 1.82) is 0 Å². The molecule has 1 atom stereocenters. The minimum absolute atomic E-state index is 0.0513. The molecule has 0 bridgehead atoms. The summed E-state index contributed by atoms with van der Waals surface area (Å²) in [7, 11) is 1.91. The Morgan fingerprint density at radius 3 is 3.09 bits per heavy atom. The fourth-order valence-corrected chi connectivity index (χ4v) is 2.85. The molecular weight excluding hydrogens is 292 g/mol. The van der Waals surface area contributed by atoms with Crippen molar-refractivity contribution in [3.05, 3.63) is 42.2 Å². The van der Waals surface area contributed by atoms with Crippen molar-refractivity contribution >= 4 is 11.6 Å². The average molecular weight is 314 g/mol. The van der Waals surface area contributed by atoms with Crippen molar-refractivity contribution in [2.24, 2.45) is 7.05 Å². The topological polar surface area (TPSA) is 59.4 Å². The summed E-state index contributed by atoms with van der Waals surface area (Å²) in [6.45, 7) is 4.25. The van der Waals surface area contributed by atoms with Crippen LogP contribution in [0, 0.1) is 0 Å². The maximum atomic E-state index is 12.4. The zero-order chi connectivity index (χ0) is 16.2. The lowest BCUT2D eigenvalue weighted by Crippen LogP contribution is -2.37. The molecule has 1 aliphatic heterocycles. The first-order valence-electron chi connectivity index (χ1n) is 7.93. The molecule has 3 rings (SSSR count). The normalized spacial score (nSPS) is 17.3. The average Bonchev–Trinajstić information content (AvgIpc) is 3.17. The van der Waals surface area contributed by atoms with Crippen molar-refractivity contribution in [2.45, 2.75) is 19.4 Å². The first-order chi connectivity index (χ1) is 11.2. The SMILES string of the molecule is CCOc1cccc(C(=O)NC2CCN(c3cnn(C)c3)C2)c1. The van der Waals surface area contributed by atoms with Gasteiger partial charge >= 0.3 is 0 Å². The lowest BCUT2D eigenvalue weighted by Gasteiger charge is -2.17. The zero-order valence-corrected chi connectivity index (χ0v) is 13.5. The third-order valence-corrected chi connectivity index (χ3v) is 3.99. The number of nitrogens with one attached hydrogen (secondary N) is 1. The lowest BCUT2D eigenvalue weighted by molar-refractivity contribution is 0.0940. The van der Waals surface area contributed by atoms with E-state index in [-0.39, 0.29) is 11.9 Å². The minimum atomic E-state index is -0.0513. The van der Waals surface area contributed by atoms with Crippen LogP contribution in [0.4, 0.5) is 5.69 Å². The monoisotopic (exact) mass is 314 g/mol. The largest absolute Gasteiger partial charge is 0.494 e. The molecule has 0 radical (unpaired) electrons. The molecule has 1 fully saturated rings. The van der Waals surface area contributed by atoms with Gasteiger partial charge in [-0.1, -0.05) is 6.07 Å². The molecule has 1 aromatic heterocycles. The van der Waals surface area contributed by atoms with Gasteiger partial charge in [0.25, 0.3) is 5.91 Å².